The highest BCUT2D eigenvalue weighted by molar-refractivity contribution is 5.69. The van der Waals surface area contributed by atoms with E-state index in [2.05, 4.69) is 0 Å². The van der Waals surface area contributed by atoms with Crippen LogP contribution in [0.2, 0.25) is 0 Å². The van der Waals surface area contributed by atoms with Gasteiger partial charge in [0.1, 0.15) is 18.5 Å². The van der Waals surface area contributed by atoms with Crippen molar-refractivity contribution < 1.29 is 23.8 Å². The zero-order valence-corrected chi connectivity index (χ0v) is 12.1. The molecule has 1 fully saturated rings. The molecule has 19 heavy (non-hydrogen) atoms. The van der Waals surface area contributed by atoms with Crippen molar-refractivity contribution in [3.05, 3.63) is 0 Å². The highest BCUT2D eigenvalue weighted by atomic mass is 16.7. The fourth-order valence-corrected chi connectivity index (χ4v) is 2.04. The smallest absolute Gasteiger partial charge is 0.414 e. The van der Waals surface area contributed by atoms with Crippen LogP contribution in [-0.4, -0.2) is 48.5 Å². The second-order valence-corrected chi connectivity index (χ2v) is 5.36. The molecule has 1 aliphatic heterocycles. The van der Waals surface area contributed by atoms with Crippen molar-refractivity contribution in [2.75, 3.05) is 19.8 Å². The van der Waals surface area contributed by atoms with Crippen LogP contribution in [0.15, 0.2) is 0 Å². The topological polar surface area (TPSA) is 65.1 Å². The maximum atomic E-state index is 12.2. The van der Waals surface area contributed by atoms with Crippen molar-refractivity contribution in [3.8, 4) is 0 Å². The summed E-state index contributed by atoms with van der Waals surface area (Å²) in [6.45, 7) is 7.99. The van der Waals surface area contributed by atoms with Gasteiger partial charge in [-0.05, 0) is 34.1 Å². The molecule has 6 heteroatoms. The lowest BCUT2D eigenvalue weighted by molar-refractivity contribution is -0.287. The molecule has 0 saturated carbocycles. The number of carbonyl (C=O) groups excluding carboxylic acids is 2. The molecule has 0 aromatic heterocycles. The number of ether oxygens (including phenoxy) is 3. The minimum Gasteiger partial charge on any atom is -0.444 e. The molecule has 0 spiro atoms. The normalized spacial score (nSPS) is 23.5. The lowest BCUT2D eigenvalue weighted by atomic mass is 10.2. The van der Waals surface area contributed by atoms with Crippen molar-refractivity contribution in [1.82, 2.24) is 4.90 Å². The summed E-state index contributed by atoms with van der Waals surface area (Å²) in [5.41, 5.74) is -0.581. The van der Waals surface area contributed by atoms with Crippen LogP contribution in [0.1, 0.15) is 40.5 Å². The lowest BCUT2D eigenvalue weighted by Gasteiger charge is -2.37. The van der Waals surface area contributed by atoms with Crippen LogP contribution < -0.4 is 0 Å². The summed E-state index contributed by atoms with van der Waals surface area (Å²) in [7, 11) is 0. The predicted molar refractivity (Wildman–Crippen MR) is 68.5 cm³/mol. The van der Waals surface area contributed by atoms with E-state index in [0.717, 1.165) is 6.42 Å². The van der Waals surface area contributed by atoms with E-state index in [4.69, 9.17) is 14.2 Å². The first kappa shape index (κ1) is 15.9. The number of hydrogen-bond donors (Lipinski definition) is 0. The zero-order valence-electron chi connectivity index (χ0n) is 12.1. The fraction of sp³-hybridized carbons (Fsp3) is 0.846. The second-order valence-electron chi connectivity index (χ2n) is 5.36. The van der Waals surface area contributed by atoms with E-state index in [0.29, 0.717) is 25.9 Å². The number of nitrogens with zero attached hydrogens (tertiary/aromatic N) is 1. The van der Waals surface area contributed by atoms with Crippen molar-refractivity contribution in [1.29, 1.82) is 0 Å². The summed E-state index contributed by atoms with van der Waals surface area (Å²) in [4.78, 5) is 24.1. The van der Waals surface area contributed by atoms with Crippen LogP contribution in [0.5, 0.6) is 0 Å². The van der Waals surface area contributed by atoms with Gasteiger partial charge in [-0.3, -0.25) is 4.90 Å². The SMILES string of the molecule is CCOC1(OCC=O)CCCN1C(=O)OC(C)(C)C. The predicted octanol–water partition coefficient (Wildman–Crippen LogP) is 1.92. The fourth-order valence-electron chi connectivity index (χ4n) is 2.04. The Kier molecular flexibility index (Phi) is 5.31. The van der Waals surface area contributed by atoms with Crippen LogP contribution in [0.25, 0.3) is 0 Å². The van der Waals surface area contributed by atoms with Gasteiger partial charge in [0, 0.05) is 19.6 Å². The second kappa shape index (κ2) is 6.34. The highest BCUT2D eigenvalue weighted by Gasteiger charge is 2.47. The first-order chi connectivity index (χ1) is 8.84. The summed E-state index contributed by atoms with van der Waals surface area (Å²) in [5, 5.41) is 0. The van der Waals surface area contributed by atoms with Gasteiger partial charge in [-0.1, -0.05) is 0 Å². The molecule has 0 bridgehead atoms. The van der Waals surface area contributed by atoms with Gasteiger partial charge in [0.25, 0.3) is 5.91 Å². The molecule has 0 radical (unpaired) electrons. The Morgan fingerprint density at radius 2 is 2.05 bits per heavy atom. The van der Waals surface area contributed by atoms with E-state index in [1.807, 2.05) is 6.92 Å². The molecule has 1 heterocycles. The van der Waals surface area contributed by atoms with E-state index in [1.54, 1.807) is 20.8 Å². The summed E-state index contributed by atoms with van der Waals surface area (Å²) < 4.78 is 16.4. The molecule has 1 unspecified atom stereocenters. The Morgan fingerprint density at radius 1 is 1.37 bits per heavy atom. The summed E-state index contributed by atoms with van der Waals surface area (Å²) >= 11 is 0. The van der Waals surface area contributed by atoms with Crippen molar-refractivity contribution in [2.24, 2.45) is 0 Å². The van der Waals surface area contributed by atoms with Gasteiger partial charge in [0.2, 0.25) is 0 Å². The molecule has 110 valence electrons. The Labute approximate surface area is 114 Å². The number of hydrogen-bond acceptors (Lipinski definition) is 5. The number of rotatable bonds is 5. The first-order valence-corrected chi connectivity index (χ1v) is 6.57. The van der Waals surface area contributed by atoms with Crippen LogP contribution in [0.3, 0.4) is 0 Å². The standard InChI is InChI=1S/C13H23NO5/c1-5-17-13(18-10-9-15)7-6-8-14(13)11(16)19-12(2,3)4/h9H,5-8,10H2,1-4H3. The maximum Gasteiger partial charge on any atom is 0.414 e. The minimum atomic E-state index is -1.17. The van der Waals surface area contributed by atoms with Crippen molar-refractivity contribution in [2.45, 2.75) is 52.0 Å². The van der Waals surface area contributed by atoms with Crippen LogP contribution in [0, 0.1) is 0 Å². The molecule has 0 aliphatic carbocycles. The average molecular weight is 273 g/mol. The molecule has 6 nitrogen and oxygen atoms in total. The summed E-state index contributed by atoms with van der Waals surface area (Å²) in [6.07, 6.45) is 1.45. The van der Waals surface area contributed by atoms with E-state index in [1.165, 1.54) is 4.90 Å². The molecule has 1 rings (SSSR count). The quantitative estimate of drug-likeness (QED) is 0.565. The van der Waals surface area contributed by atoms with E-state index in [9.17, 15) is 9.59 Å². The molecule has 1 atom stereocenters. The van der Waals surface area contributed by atoms with Gasteiger partial charge >= 0.3 is 6.09 Å². The molecule has 1 amide bonds. The average Bonchev–Trinajstić information content (AvgIpc) is 2.69. The van der Waals surface area contributed by atoms with Crippen LogP contribution >= 0.6 is 0 Å². The van der Waals surface area contributed by atoms with Gasteiger partial charge in [-0.15, -0.1) is 0 Å². The number of aldehydes is 1. The third-order valence-electron chi connectivity index (χ3n) is 2.65. The Hall–Kier alpha value is -1.14. The van der Waals surface area contributed by atoms with Crippen LogP contribution in [0.4, 0.5) is 4.79 Å². The maximum absolute atomic E-state index is 12.2. The Balaban J connectivity index is 2.83. The Morgan fingerprint density at radius 3 is 2.58 bits per heavy atom. The van der Waals surface area contributed by atoms with Gasteiger partial charge in [0.15, 0.2) is 0 Å². The molecular formula is C13H23NO5. The van der Waals surface area contributed by atoms with E-state index >= 15 is 0 Å². The molecule has 0 aromatic rings. The van der Waals surface area contributed by atoms with E-state index in [-0.39, 0.29) is 6.61 Å². The lowest BCUT2D eigenvalue weighted by Crippen LogP contribution is -2.53. The first-order valence-electron chi connectivity index (χ1n) is 6.57. The van der Waals surface area contributed by atoms with Crippen LogP contribution in [-0.2, 0) is 19.0 Å². The summed E-state index contributed by atoms with van der Waals surface area (Å²) in [5.74, 6) is -1.17. The molecule has 1 saturated heterocycles. The highest BCUT2D eigenvalue weighted by Crippen LogP contribution is 2.33. The summed E-state index contributed by atoms with van der Waals surface area (Å²) in [6, 6.07) is 0. The van der Waals surface area contributed by atoms with Gasteiger partial charge in [0.05, 0.1) is 0 Å². The molecule has 0 aromatic carbocycles. The number of amides is 1. The zero-order chi connectivity index (χ0) is 14.5. The molecular weight excluding hydrogens is 250 g/mol. The largest absolute Gasteiger partial charge is 0.444 e. The number of carbonyl (C=O) groups is 2. The van der Waals surface area contributed by atoms with Crippen molar-refractivity contribution >= 4 is 12.4 Å². The number of likely N-dealkylation sites (tertiary alicyclic amines) is 1. The van der Waals surface area contributed by atoms with Gasteiger partial charge < -0.3 is 19.0 Å². The van der Waals surface area contributed by atoms with Gasteiger partial charge in [-0.25, -0.2) is 4.79 Å². The molecule has 0 N–H and O–H groups in total. The molecule has 1 aliphatic rings. The van der Waals surface area contributed by atoms with Crippen molar-refractivity contribution in [3.63, 3.8) is 0 Å². The third kappa shape index (κ3) is 4.18. The monoisotopic (exact) mass is 273 g/mol. The van der Waals surface area contributed by atoms with E-state index < -0.39 is 17.6 Å². The minimum absolute atomic E-state index is 0.112. The van der Waals surface area contributed by atoms with Gasteiger partial charge in [-0.2, -0.15) is 0 Å². The Bertz CT molecular complexity index is 325. The third-order valence-corrected chi connectivity index (χ3v) is 2.65.